The summed E-state index contributed by atoms with van der Waals surface area (Å²) in [6.45, 7) is 3.67. The minimum atomic E-state index is -0.572. The second-order valence-electron chi connectivity index (χ2n) is 4.85. The summed E-state index contributed by atoms with van der Waals surface area (Å²) in [5.41, 5.74) is 1.06. The van der Waals surface area contributed by atoms with Crippen molar-refractivity contribution in [3.05, 3.63) is 65.2 Å². The molecule has 0 saturated heterocycles. The highest BCUT2D eigenvalue weighted by Crippen LogP contribution is 2.17. The van der Waals surface area contributed by atoms with Gasteiger partial charge in [0.25, 0.3) is 5.91 Å². The standard InChI is InChI=1S/C17H18ClNO2/c1-12(14-6-4-3-5-7-14)19-17(20)13(2)21-16-10-8-15(18)9-11-16/h3-13H,1-2H3,(H,19,20)/t12-,13+/m1/s1. The Hall–Kier alpha value is -2.00. The van der Waals surface area contributed by atoms with Crippen molar-refractivity contribution in [2.45, 2.75) is 26.0 Å². The van der Waals surface area contributed by atoms with Crippen molar-refractivity contribution in [1.82, 2.24) is 5.32 Å². The van der Waals surface area contributed by atoms with Crippen LogP contribution in [-0.4, -0.2) is 12.0 Å². The summed E-state index contributed by atoms with van der Waals surface area (Å²) in [5.74, 6) is 0.468. The fourth-order valence-corrected chi connectivity index (χ4v) is 2.05. The molecule has 1 amide bonds. The van der Waals surface area contributed by atoms with Crippen LogP contribution in [0, 0.1) is 0 Å². The first-order valence-corrected chi connectivity index (χ1v) is 7.21. The third kappa shape index (κ3) is 4.50. The zero-order valence-electron chi connectivity index (χ0n) is 12.0. The molecule has 2 aromatic rings. The number of nitrogens with one attached hydrogen (secondary N) is 1. The molecule has 21 heavy (non-hydrogen) atoms. The van der Waals surface area contributed by atoms with E-state index >= 15 is 0 Å². The lowest BCUT2D eigenvalue weighted by atomic mass is 10.1. The third-order valence-electron chi connectivity index (χ3n) is 3.15. The van der Waals surface area contributed by atoms with Crippen LogP contribution in [0.3, 0.4) is 0 Å². The van der Waals surface area contributed by atoms with Gasteiger partial charge in [-0.25, -0.2) is 0 Å². The van der Waals surface area contributed by atoms with Gasteiger partial charge in [0.1, 0.15) is 5.75 Å². The fourth-order valence-electron chi connectivity index (χ4n) is 1.93. The van der Waals surface area contributed by atoms with Gasteiger partial charge in [-0.2, -0.15) is 0 Å². The first-order valence-electron chi connectivity index (χ1n) is 6.84. The SMILES string of the molecule is C[C@H](Oc1ccc(Cl)cc1)C(=O)N[C@H](C)c1ccccc1. The quantitative estimate of drug-likeness (QED) is 0.907. The first-order chi connectivity index (χ1) is 10.1. The Balaban J connectivity index is 1.92. The van der Waals surface area contributed by atoms with Gasteiger partial charge < -0.3 is 10.1 Å². The van der Waals surface area contributed by atoms with Gasteiger partial charge in [0.05, 0.1) is 6.04 Å². The maximum absolute atomic E-state index is 12.1. The number of benzene rings is 2. The average molecular weight is 304 g/mol. The fraction of sp³-hybridized carbons (Fsp3) is 0.235. The van der Waals surface area contributed by atoms with E-state index in [1.807, 2.05) is 37.3 Å². The summed E-state index contributed by atoms with van der Waals surface area (Å²) >= 11 is 5.81. The van der Waals surface area contributed by atoms with Crippen LogP contribution in [0.5, 0.6) is 5.75 Å². The van der Waals surface area contributed by atoms with E-state index in [1.54, 1.807) is 31.2 Å². The number of ether oxygens (including phenoxy) is 1. The van der Waals surface area contributed by atoms with Crippen LogP contribution in [0.2, 0.25) is 5.02 Å². The predicted molar refractivity (Wildman–Crippen MR) is 84.5 cm³/mol. The van der Waals surface area contributed by atoms with Crippen LogP contribution >= 0.6 is 11.6 Å². The average Bonchev–Trinajstić information content (AvgIpc) is 2.50. The molecule has 1 N–H and O–H groups in total. The minimum absolute atomic E-state index is 0.0602. The van der Waals surface area contributed by atoms with Crippen molar-refractivity contribution < 1.29 is 9.53 Å². The molecule has 2 atom stereocenters. The molecule has 0 aromatic heterocycles. The smallest absolute Gasteiger partial charge is 0.261 e. The lowest BCUT2D eigenvalue weighted by Crippen LogP contribution is -2.37. The van der Waals surface area contributed by atoms with Gasteiger partial charge in [-0.3, -0.25) is 4.79 Å². The molecule has 0 unspecified atom stereocenters. The Kier molecular flexibility index (Phi) is 5.23. The van der Waals surface area contributed by atoms with Crippen molar-refractivity contribution in [3.8, 4) is 5.75 Å². The number of amides is 1. The van der Waals surface area contributed by atoms with E-state index < -0.39 is 6.10 Å². The van der Waals surface area contributed by atoms with Gasteiger partial charge >= 0.3 is 0 Å². The van der Waals surface area contributed by atoms with Crippen molar-refractivity contribution in [1.29, 1.82) is 0 Å². The van der Waals surface area contributed by atoms with E-state index in [9.17, 15) is 4.79 Å². The Labute approximate surface area is 129 Å². The van der Waals surface area contributed by atoms with Crippen LogP contribution < -0.4 is 10.1 Å². The molecule has 0 fully saturated rings. The predicted octanol–water partition coefficient (Wildman–Crippen LogP) is 3.98. The number of halogens is 1. The largest absolute Gasteiger partial charge is 0.481 e. The molecule has 0 aliphatic heterocycles. The number of hydrogen-bond acceptors (Lipinski definition) is 2. The Morgan fingerprint density at radius 1 is 1.05 bits per heavy atom. The lowest BCUT2D eigenvalue weighted by molar-refractivity contribution is -0.127. The molecule has 0 heterocycles. The molecule has 0 radical (unpaired) electrons. The lowest BCUT2D eigenvalue weighted by Gasteiger charge is -2.19. The highest BCUT2D eigenvalue weighted by molar-refractivity contribution is 6.30. The maximum Gasteiger partial charge on any atom is 0.261 e. The van der Waals surface area contributed by atoms with Gasteiger partial charge in [-0.05, 0) is 43.7 Å². The summed E-state index contributed by atoms with van der Waals surface area (Å²) in [7, 11) is 0. The Bertz CT molecular complexity index is 583. The van der Waals surface area contributed by atoms with Gasteiger partial charge in [-0.15, -0.1) is 0 Å². The van der Waals surface area contributed by atoms with E-state index in [-0.39, 0.29) is 11.9 Å². The van der Waals surface area contributed by atoms with Crippen LogP contribution in [0.25, 0.3) is 0 Å². The van der Waals surface area contributed by atoms with Crippen molar-refractivity contribution in [3.63, 3.8) is 0 Å². The van der Waals surface area contributed by atoms with Crippen LogP contribution in [0.1, 0.15) is 25.5 Å². The third-order valence-corrected chi connectivity index (χ3v) is 3.41. The molecule has 0 bridgehead atoms. The van der Waals surface area contributed by atoms with Crippen LogP contribution in [-0.2, 0) is 4.79 Å². The summed E-state index contributed by atoms with van der Waals surface area (Å²) < 4.78 is 5.60. The maximum atomic E-state index is 12.1. The van der Waals surface area contributed by atoms with Crippen molar-refractivity contribution >= 4 is 17.5 Å². The van der Waals surface area contributed by atoms with Gasteiger partial charge in [0.15, 0.2) is 6.10 Å². The molecule has 3 nitrogen and oxygen atoms in total. The molecule has 0 spiro atoms. The molecule has 4 heteroatoms. The molecular weight excluding hydrogens is 286 g/mol. The summed E-state index contributed by atoms with van der Waals surface area (Å²) in [6.07, 6.45) is -0.572. The van der Waals surface area contributed by atoms with Gasteiger partial charge in [-0.1, -0.05) is 41.9 Å². The number of hydrogen-bond donors (Lipinski definition) is 1. The van der Waals surface area contributed by atoms with Crippen molar-refractivity contribution in [2.24, 2.45) is 0 Å². The number of carbonyl (C=O) groups is 1. The molecule has 0 saturated carbocycles. The zero-order chi connectivity index (χ0) is 15.2. The topological polar surface area (TPSA) is 38.3 Å². The van der Waals surface area contributed by atoms with Crippen molar-refractivity contribution in [2.75, 3.05) is 0 Å². The van der Waals surface area contributed by atoms with E-state index in [0.29, 0.717) is 10.8 Å². The Morgan fingerprint density at radius 3 is 2.29 bits per heavy atom. The van der Waals surface area contributed by atoms with E-state index in [1.165, 1.54) is 0 Å². The molecule has 2 aromatic carbocycles. The van der Waals surface area contributed by atoms with E-state index in [0.717, 1.165) is 5.56 Å². The van der Waals surface area contributed by atoms with E-state index in [4.69, 9.17) is 16.3 Å². The zero-order valence-corrected chi connectivity index (χ0v) is 12.8. The molecule has 0 aliphatic carbocycles. The second kappa shape index (κ2) is 7.14. The van der Waals surface area contributed by atoms with E-state index in [2.05, 4.69) is 5.32 Å². The van der Waals surface area contributed by atoms with Gasteiger partial charge in [0, 0.05) is 5.02 Å². The minimum Gasteiger partial charge on any atom is -0.481 e. The summed E-state index contributed by atoms with van der Waals surface area (Å²) in [4.78, 5) is 12.1. The normalized spacial score (nSPS) is 13.3. The molecule has 2 rings (SSSR count). The number of rotatable bonds is 5. The van der Waals surface area contributed by atoms with Gasteiger partial charge in [0.2, 0.25) is 0 Å². The summed E-state index contributed by atoms with van der Waals surface area (Å²) in [6, 6.07) is 16.7. The second-order valence-corrected chi connectivity index (χ2v) is 5.29. The van der Waals surface area contributed by atoms with Crippen LogP contribution in [0.15, 0.2) is 54.6 Å². The van der Waals surface area contributed by atoms with Crippen LogP contribution in [0.4, 0.5) is 0 Å². The first kappa shape index (κ1) is 15.4. The Morgan fingerprint density at radius 2 is 1.67 bits per heavy atom. The highest BCUT2D eigenvalue weighted by atomic mass is 35.5. The molecular formula is C17H18ClNO2. The molecule has 0 aliphatic rings. The highest BCUT2D eigenvalue weighted by Gasteiger charge is 2.17. The number of carbonyl (C=O) groups excluding carboxylic acids is 1. The monoisotopic (exact) mass is 303 g/mol. The molecule has 110 valence electrons. The summed E-state index contributed by atoms with van der Waals surface area (Å²) in [5, 5.41) is 3.57.